The van der Waals surface area contributed by atoms with Gasteiger partial charge in [0.2, 0.25) is 5.88 Å². The predicted molar refractivity (Wildman–Crippen MR) is 77.0 cm³/mol. The average molecular weight is 289 g/mol. The van der Waals surface area contributed by atoms with Crippen molar-refractivity contribution in [3.05, 3.63) is 36.0 Å². The number of carbonyl (C=O) groups excluding carboxylic acids is 1. The van der Waals surface area contributed by atoms with Crippen LogP contribution in [0.4, 0.5) is 0 Å². The molecule has 2 rings (SSSR count). The maximum Gasteiger partial charge on any atom is 0.252 e. The van der Waals surface area contributed by atoms with Crippen molar-refractivity contribution < 1.29 is 9.53 Å². The number of nitrogens with zero attached hydrogens (tertiary/aromatic N) is 4. The number of rotatable bonds is 6. The number of pyridine rings is 1. The minimum absolute atomic E-state index is 0.200. The summed E-state index contributed by atoms with van der Waals surface area (Å²) >= 11 is 0. The number of aromatic nitrogens is 4. The van der Waals surface area contributed by atoms with Crippen LogP contribution in [0.1, 0.15) is 42.5 Å². The summed E-state index contributed by atoms with van der Waals surface area (Å²) in [5, 5.41) is 7.06. The van der Waals surface area contributed by atoms with Gasteiger partial charge in [-0.1, -0.05) is 6.92 Å². The molecule has 1 unspecified atom stereocenters. The normalized spacial score (nSPS) is 12.0. The van der Waals surface area contributed by atoms with Crippen LogP contribution in [0.5, 0.6) is 5.88 Å². The van der Waals surface area contributed by atoms with Gasteiger partial charge in [-0.2, -0.15) is 5.10 Å². The zero-order chi connectivity index (χ0) is 15.2. The number of ether oxygens (including phenoxy) is 1. The molecule has 0 aliphatic rings. The van der Waals surface area contributed by atoms with Crippen molar-refractivity contribution in [2.75, 3.05) is 7.11 Å². The molecule has 2 aromatic rings. The predicted octanol–water partition coefficient (Wildman–Crippen LogP) is 1.58. The quantitative estimate of drug-likeness (QED) is 0.873. The zero-order valence-corrected chi connectivity index (χ0v) is 12.4. The standard InChI is InChI=1S/C14H19N5O2/c1-4-7-19-13(16-9-17-19)10(2)18-14(20)11-5-6-15-12(8-11)21-3/h5-6,8-10H,4,7H2,1-3H3,(H,18,20). The number of hydrogen-bond acceptors (Lipinski definition) is 5. The lowest BCUT2D eigenvalue weighted by atomic mass is 10.2. The molecule has 1 atom stereocenters. The molecule has 0 aromatic carbocycles. The molecule has 2 aromatic heterocycles. The number of amides is 1. The minimum Gasteiger partial charge on any atom is -0.481 e. The molecule has 0 aliphatic heterocycles. The fourth-order valence-electron chi connectivity index (χ4n) is 2.00. The van der Waals surface area contributed by atoms with E-state index in [1.807, 2.05) is 6.92 Å². The molecule has 0 fully saturated rings. The van der Waals surface area contributed by atoms with Gasteiger partial charge in [0.1, 0.15) is 12.2 Å². The Kier molecular flexibility index (Phi) is 4.86. The van der Waals surface area contributed by atoms with E-state index in [0.29, 0.717) is 11.4 Å². The Morgan fingerprint density at radius 3 is 3.00 bits per heavy atom. The number of aryl methyl sites for hydroxylation is 1. The third kappa shape index (κ3) is 3.56. The second kappa shape index (κ2) is 6.83. The molecule has 2 heterocycles. The minimum atomic E-state index is -0.231. The summed E-state index contributed by atoms with van der Waals surface area (Å²) in [5.41, 5.74) is 0.496. The maximum absolute atomic E-state index is 12.2. The molecule has 1 N–H and O–H groups in total. The number of methoxy groups -OCH3 is 1. The Hall–Kier alpha value is -2.44. The topological polar surface area (TPSA) is 81.9 Å². The summed E-state index contributed by atoms with van der Waals surface area (Å²) in [6, 6.07) is 3.01. The second-order valence-electron chi connectivity index (χ2n) is 4.62. The van der Waals surface area contributed by atoms with Crippen LogP contribution in [0.15, 0.2) is 24.7 Å². The lowest BCUT2D eigenvalue weighted by molar-refractivity contribution is 0.0937. The Balaban J connectivity index is 2.09. The third-order valence-electron chi connectivity index (χ3n) is 3.02. The van der Waals surface area contributed by atoms with Crippen molar-refractivity contribution in [3.63, 3.8) is 0 Å². The molecule has 0 saturated heterocycles. The van der Waals surface area contributed by atoms with Crippen molar-refractivity contribution in [2.24, 2.45) is 0 Å². The highest BCUT2D eigenvalue weighted by Crippen LogP contribution is 2.12. The van der Waals surface area contributed by atoms with Gasteiger partial charge in [0.15, 0.2) is 0 Å². The van der Waals surface area contributed by atoms with Gasteiger partial charge in [0, 0.05) is 24.4 Å². The van der Waals surface area contributed by atoms with Gasteiger partial charge >= 0.3 is 0 Å². The molecular weight excluding hydrogens is 270 g/mol. The molecule has 1 amide bonds. The van der Waals surface area contributed by atoms with Crippen molar-refractivity contribution in [1.29, 1.82) is 0 Å². The SMILES string of the molecule is CCCn1ncnc1C(C)NC(=O)c1ccnc(OC)c1. The van der Waals surface area contributed by atoms with Crippen LogP contribution in [-0.4, -0.2) is 32.8 Å². The first-order valence-corrected chi connectivity index (χ1v) is 6.84. The van der Waals surface area contributed by atoms with E-state index in [9.17, 15) is 4.79 Å². The summed E-state index contributed by atoms with van der Waals surface area (Å²) in [7, 11) is 1.51. The lowest BCUT2D eigenvalue weighted by Gasteiger charge is -2.14. The third-order valence-corrected chi connectivity index (χ3v) is 3.02. The van der Waals surface area contributed by atoms with E-state index in [-0.39, 0.29) is 11.9 Å². The molecule has 0 aliphatic carbocycles. The Morgan fingerprint density at radius 1 is 1.48 bits per heavy atom. The van der Waals surface area contributed by atoms with Gasteiger partial charge in [0.05, 0.1) is 13.2 Å². The van der Waals surface area contributed by atoms with E-state index in [2.05, 4.69) is 27.3 Å². The molecule has 7 heteroatoms. The Bertz CT molecular complexity index is 611. The van der Waals surface area contributed by atoms with Crippen LogP contribution < -0.4 is 10.1 Å². The van der Waals surface area contributed by atoms with Crippen LogP contribution in [-0.2, 0) is 6.54 Å². The highest BCUT2D eigenvalue weighted by Gasteiger charge is 2.16. The molecule has 0 bridgehead atoms. The van der Waals surface area contributed by atoms with Gasteiger partial charge in [0.25, 0.3) is 5.91 Å². The molecule has 21 heavy (non-hydrogen) atoms. The molecule has 112 valence electrons. The first-order chi connectivity index (χ1) is 10.2. The number of nitrogens with one attached hydrogen (secondary N) is 1. The van der Waals surface area contributed by atoms with E-state index < -0.39 is 0 Å². The molecular formula is C14H19N5O2. The highest BCUT2D eigenvalue weighted by molar-refractivity contribution is 5.94. The van der Waals surface area contributed by atoms with E-state index >= 15 is 0 Å². The summed E-state index contributed by atoms with van der Waals surface area (Å²) < 4.78 is 6.82. The summed E-state index contributed by atoms with van der Waals surface area (Å²) in [5.74, 6) is 0.949. The number of hydrogen-bond donors (Lipinski definition) is 1. The smallest absolute Gasteiger partial charge is 0.252 e. The summed E-state index contributed by atoms with van der Waals surface area (Å²) in [6.07, 6.45) is 4.00. The van der Waals surface area contributed by atoms with E-state index in [0.717, 1.165) is 18.8 Å². The van der Waals surface area contributed by atoms with Crippen molar-refractivity contribution in [2.45, 2.75) is 32.9 Å². The molecule has 0 saturated carbocycles. The highest BCUT2D eigenvalue weighted by atomic mass is 16.5. The second-order valence-corrected chi connectivity index (χ2v) is 4.62. The van der Waals surface area contributed by atoms with Crippen LogP contribution >= 0.6 is 0 Å². The Morgan fingerprint density at radius 2 is 2.29 bits per heavy atom. The molecule has 0 spiro atoms. The fourth-order valence-corrected chi connectivity index (χ4v) is 2.00. The monoisotopic (exact) mass is 289 g/mol. The van der Waals surface area contributed by atoms with Crippen LogP contribution in [0, 0.1) is 0 Å². The molecule has 0 radical (unpaired) electrons. The van der Waals surface area contributed by atoms with E-state index in [1.165, 1.54) is 19.6 Å². The van der Waals surface area contributed by atoms with Gasteiger partial charge < -0.3 is 10.1 Å². The Labute approximate surface area is 123 Å². The van der Waals surface area contributed by atoms with Gasteiger partial charge in [-0.25, -0.2) is 14.6 Å². The average Bonchev–Trinajstić information content (AvgIpc) is 2.96. The van der Waals surface area contributed by atoms with E-state index in [4.69, 9.17) is 4.74 Å². The first kappa shape index (κ1) is 15.0. The largest absolute Gasteiger partial charge is 0.481 e. The first-order valence-electron chi connectivity index (χ1n) is 6.84. The van der Waals surface area contributed by atoms with Crippen molar-refractivity contribution in [1.82, 2.24) is 25.1 Å². The van der Waals surface area contributed by atoms with Crippen LogP contribution in [0.25, 0.3) is 0 Å². The lowest BCUT2D eigenvalue weighted by Crippen LogP contribution is -2.29. The van der Waals surface area contributed by atoms with Gasteiger partial charge in [-0.3, -0.25) is 4.79 Å². The summed E-state index contributed by atoms with van der Waals surface area (Å²) in [4.78, 5) is 20.4. The number of carbonyl (C=O) groups is 1. The van der Waals surface area contributed by atoms with Crippen LogP contribution in [0.3, 0.4) is 0 Å². The van der Waals surface area contributed by atoms with E-state index in [1.54, 1.807) is 16.8 Å². The fraction of sp³-hybridized carbons (Fsp3) is 0.429. The molecule has 7 nitrogen and oxygen atoms in total. The van der Waals surface area contributed by atoms with Gasteiger partial charge in [-0.05, 0) is 19.4 Å². The van der Waals surface area contributed by atoms with Gasteiger partial charge in [-0.15, -0.1) is 0 Å². The van der Waals surface area contributed by atoms with Crippen LogP contribution in [0.2, 0.25) is 0 Å². The maximum atomic E-state index is 12.2. The van der Waals surface area contributed by atoms with Crippen molar-refractivity contribution in [3.8, 4) is 5.88 Å². The summed E-state index contributed by atoms with van der Waals surface area (Å²) in [6.45, 7) is 4.73. The van der Waals surface area contributed by atoms with Crippen molar-refractivity contribution >= 4 is 5.91 Å². The zero-order valence-electron chi connectivity index (χ0n) is 12.4.